The van der Waals surface area contributed by atoms with Crippen molar-refractivity contribution in [2.45, 2.75) is 0 Å². The summed E-state index contributed by atoms with van der Waals surface area (Å²) in [6, 6.07) is 10.9. The van der Waals surface area contributed by atoms with Crippen LogP contribution in [0.1, 0.15) is 15.9 Å². The van der Waals surface area contributed by atoms with Gasteiger partial charge in [0.1, 0.15) is 14.9 Å². The van der Waals surface area contributed by atoms with Crippen LogP contribution in [0.2, 0.25) is 0 Å². The summed E-state index contributed by atoms with van der Waals surface area (Å²) in [7, 11) is 0. The van der Waals surface area contributed by atoms with Crippen LogP contribution < -0.4 is 0 Å². The van der Waals surface area contributed by atoms with Crippen molar-refractivity contribution in [3.8, 4) is 5.75 Å². The molecule has 2 aromatic rings. The van der Waals surface area contributed by atoms with Gasteiger partial charge in [-0.15, -0.1) is 0 Å². The van der Waals surface area contributed by atoms with Gasteiger partial charge in [-0.1, -0.05) is 30.3 Å². The minimum atomic E-state index is -0.655. The van der Waals surface area contributed by atoms with Gasteiger partial charge < -0.3 is 5.11 Å². The Morgan fingerprint density at radius 1 is 1.16 bits per heavy atom. The number of phenols is 1. The molecule has 0 saturated heterocycles. The predicted octanol–water partition coefficient (Wildman–Crippen LogP) is 3.14. The first-order valence-corrected chi connectivity index (χ1v) is 6.36. The number of carbonyl (C=O) groups excluding carboxylic acids is 1. The lowest BCUT2D eigenvalue weighted by atomic mass is 10.0. The van der Waals surface area contributed by atoms with Crippen LogP contribution >= 0.6 is 22.6 Å². The lowest BCUT2D eigenvalue weighted by molar-refractivity contribution is -0.386. The molecule has 0 bridgehead atoms. The van der Waals surface area contributed by atoms with Gasteiger partial charge in [0.2, 0.25) is 0 Å². The van der Waals surface area contributed by atoms with Gasteiger partial charge in [0.25, 0.3) is 5.69 Å². The molecule has 0 radical (unpaired) electrons. The van der Waals surface area contributed by atoms with E-state index < -0.39 is 10.7 Å². The van der Waals surface area contributed by atoms with Gasteiger partial charge >= 0.3 is 0 Å². The smallest absolute Gasteiger partial charge is 0.297 e. The van der Waals surface area contributed by atoms with E-state index in [0.29, 0.717) is 5.56 Å². The average molecular weight is 369 g/mol. The van der Waals surface area contributed by atoms with Crippen LogP contribution in [0.4, 0.5) is 5.69 Å². The number of nitro benzene ring substituents is 1. The summed E-state index contributed by atoms with van der Waals surface area (Å²) in [6.45, 7) is 0. The molecule has 0 spiro atoms. The second kappa shape index (κ2) is 5.35. The molecule has 96 valence electrons. The third kappa shape index (κ3) is 2.58. The third-order valence-electron chi connectivity index (χ3n) is 2.56. The van der Waals surface area contributed by atoms with Crippen molar-refractivity contribution in [2.24, 2.45) is 0 Å². The third-order valence-corrected chi connectivity index (χ3v) is 3.62. The van der Waals surface area contributed by atoms with Gasteiger partial charge in [0.05, 0.1) is 4.92 Å². The van der Waals surface area contributed by atoms with Crippen LogP contribution in [-0.4, -0.2) is 15.8 Å². The zero-order valence-electron chi connectivity index (χ0n) is 9.54. The zero-order valence-corrected chi connectivity index (χ0v) is 11.7. The summed E-state index contributed by atoms with van der Waals surface area (Å²) in [6.07, 6.45) is 0. The molecule has 0 atom stereocenters. The van der Waals surface area contributed by atoms with E-state index in [1.54, 1.807) is 52.9 Å². The number of hydrogen-bond acceptors (Lipinski definition) is 4. The van der Waals surface area contributed by atoms with Gasteiger partial charge in [0, 0.05) is 5.56 Å². The fourth-order valence-electron chi connectivity index (χ4n) is 1.66. The maximum absolute atomic E-state index is 12.2. The number of rotatable bonds is 3. The second-order valence-corrected chi connectivity index (χ2v) is 4.83. The molecule has 0 aliphatic carbocycles. The molecule has 2 aromatic carbocycles. The molecule has 0 aromatic heterocycles. The van der Waals surface area contributed by atoms with Crippen molar-refractivity contribution in [3.63, 3.8) is 0 Å². The standard InChI is InChI=1S/C13H8INO4/c14-11-10(16)7-6-9(12(11)15(18)19)13(17)8-4-2-1-3-5-8/h1-7,16H. The van der Waals surface area contributed by atoms with E-state index in [2.05, 4.69) is 0 Å². The summed E-state index contributed by atoms with van der Waals surface area (Å²) < 4.78 is 0.0596. The molecule has 0 aliphatic heterocycles. The summed E-state index contributed by atoms with van der Waals surface area (Å²) in [5, 5.41) is 20.6. The van der Waals surface area contributed by atoms with Gasteiger partial charge in [-0.05, 0) is 34.7 Å². The molecule has 0 fully saturated rings. The first-order valence-electron chi connectivity index (χ1n) is 5.28. The topological polar surface area (TPSA) is 80.4 Å². The predicted molar refractivity (Wildman–Crippen MR) is 77.4 cm³/mol. The summed E-state index contributed by atoms with van der Waals surface area (Å²) in [5.41, 5.74) is -0.0278. The van der Waals surface area contributed by atoms with E-state index in [0.717, 1.165) is 0 Å². The zero-order chi connectivity index (χ0) is 14.0. The number of phenolic OH excluding ortho intramolecular Hbond substituents is 1. The Morgan fingerprint density at radius 3 is 2.37 bits per heavy atom. The van der Waals surface area contributed by atoms with Crippen molar-refractivity contribution in [2.75, 3.05) is 0 Å². The SMILES string of the molecule is O=C(c1ccccc1)c1ccc(O)c(I)c1[N+](=O)[O-]. The van der Waals surface area contributed by atoms with Crippen LogP contribution in [0.15, 0.2) is 42.5 Å². The van der Waals surface area contributed by atoms with E-state index in [-0.39, 0.29) is 20.6 Å². The molecule has 1 N–H and O–H groups in total. The highest BCUT2D eigenvalue weighted by atomic mass is 127. The van der Waals surface area contributed by atoms with Crippen molar-refractivity contribution in [3.05, 3.63) is 67.3 Å². The highest BCUT2D eigenvalue weighted by molar-refractivity contribution is 14.1. The van der Waals surface area contributed by atoms with Gasteiger partial charge in [-0.2, -0.15) is 0 Å². The number of carbonyl (C=O) groups is 1. The Labute approximate surface area is 122 Å². The number of nitrogens with zero attached hydrogens (tertiary/aromatic N) is 1. The normalized spacial score (nSPS) is 10.2. The number of ketones is 1. The lowest BCUT2D eigenvalue weighted by Crippen LogP contribution is -2.06. The van der Waals surface area contributed by atoms with E-state index in [4.69, 9.17) is 0 Å². The summed E-state index contributed by atoms with van der Waals surface area (Å²) in [5.74, 6) is -0.651. The molecule has 5 nitrogen and oxygen atoms in total. The highest BCUT2D eigenvalue weighted by Crippen LogP contribution is 2.33. The van der Waals surface area contributed by atoms with Crippen molar-refractivity contribution < 1.29 is 14.8 Å². The van der Waals surface area contributed by atoms with Crippen LogP contribution in [0.5, 0.6) is 5.75 Å². The molecule has 19 heavy (non-hydrogen) atoms. The first-order chi connectivity index (χ1) is 9.02. The van der Waals surface area contributed by atoms with Crippen LogP contribution in [0.3, 0.4) is 0 Å². The minimum Gasteiger partial charge on any atom is -0.507 e. The number of aromatic hydroxyl groups is 1. The molecule has 0 aliphatic rings. The fraction of sp³-hybridized carbons (Fsp3) is 0. The fourth-order valence-corrected chi connectivity index (χ4v) is 2.33. The maximum Gasteiger partial charge on any atom is 0.297 e. The molecular formula is C13H8INO4. The van der Waals surface area contributed by atoms with Crippen LogP contribution in [0, 0.1) is 13.7 Å². The Morgan fingerprint density at radius 2 is 1.79 bits per heavy atom. The molecule has 0 saturated carbocycles. The van der Waals surface area contributed by atoms with Crippen LogP contribution in [0.25, 0.3) is 0 Å². The highest BCUT2D eigenvalue weighted by Gasteiger charge is 2.26. The molecule has 2 rings (SSSR count). The molecule has 0 amide bonds. The average Bonchev–Trinajstić information content (AvgIpc) is 2.41. The van der Waals surface area contributed by atoms with Gasteiger partial charge in [0.15, 0.2) is 5.78 Å². The summed E-state index contributed by atoms with van der Waals surface area (Å²) >= 11 is 1.65. The first kappa shape index (κ1) is 13.5. The van der Waals surface area contributed by atoms with Crippen molar-refractivity contribution in [1.82, 2.24) is 0 Å². The second-order valence-electron chi connectivity index (χ2n) is 3.75. The number of hydrogen-bond donors (Lipinski definition) is 1. The number of nitro groups is 1. The van der Waals surface area contributed by atoms with E-state index in [1.165, 1.54) is 12.1 Å². The van der Waals surface area contributed by atoms with E-state index in [1.807, 2.05) is 0 Å². The van der Waals surface area contributed by atoms with Crippen molar-refractivity contribution >= 4 is 34.1 Å². The van der Waals surface area contributed by atoms with Crippen LogP contribution in [-0.2, 0) is 0 Å². The minimum absolute atomic E-state index is 0.0293. The van der Waals surface area contributed by atoms with E-state index >= 15 is 0 Å². The monoisotopic (exact) mass is 369 g/mol. The Kier molecular flexibility index (Phi) is 3.79. The Hall–Kier alpha value is -1.96. The van der Waals surface area contributed by atoms with Crippen molar-refractivity contribution in [1.29, 1.82) is 0 Å². The Bertz CT molecular complexity index is 655. The number of halogens is 1. The Balaban J connectivity index is 2.61. The molecular weight excluding hydrogens is 361 g/mol. The molecule has 0 unspecified atom stereocenters. The lowest BCUT2D eigenvalue weighted by Gasteiger charge is -2.05. The molecule has 6 heteroatoms. The number of benzene rings is 2. The largest absolute Gasteiger partial charge is 0.507 e. The van der Waals surface area contributed by atoms with E-state index in [9.17, 15) is 20.0 Å². The van der Waals surface area contributed by atoms with Gasteiger partial charge in [-0.25, -0.2) is 0 Å². The molecule has 0 heterocycles. The van der Waals surface area contributed by atoms with Gasteiger partial charge in [-0.3, -0.25) is 14.9 Å². The summed E-state index contributed by atoms with van der Waals surface area (Å²) in [4.78, 5) is 22.7. The quantitative estimate of drug-likeness (QED) is 0.390. The maximum atomic E-state index is 12.2.